The molecule has 414 valence electrons. The largest absolute Gasteiger partial charge is 0.697 e. The molecule has 1 saturated heterocycles. The van der Waals surface area contributed by atoms with Crippen molar-refractivity contribution < 1.29 is 47.1 Å². The van der Waals surface area contributed by atoms with E-state index in [-0.39, 0.29) is 69.1 Å². The number of likely N-dealkylation sites (N-methyl/N-ethyl adjacent to an activating group) is 1. The number of ether oxygens (including phenoxy) is 2. The molecule has 5 heterocycles. The van der Waals surface area contributed by atoms with Crippen LogP contribution in [0.4, 0.5) is 0 Å². The summed E-state index contributed by atoms with van der Waals surface area (Å²) in [5, 5.41) is 18.1. The second-order valence-electron chi connectivity index (χ2n) is 22.0. The second-order valence-corrected chi connectivity index (χ2v) is 23.0. The van der Waals surface area contributed by atoms with Gasteiger partial charge in [-0.1, -0.05) is 110 Å². The lowest BCUT2D eigenvalue weighted by atomic mass is 9.86. The zero-order valence-corrected chi connectivity index (χ0v) is 48.1. The van der Waals surface area contributed by atoms with Crippen LogP contribution < -0.4 is 10.6 Å². The van der Waals surface area contributed by atoms with E-state index in [0.29, 0.717) is 30.3 Å². The molecule has 1 aliphatic carbocycles. The Balaban J connectivity index is 1.04. The molecule has 8 bridgehead atoms. The van der Waals surface area contributed by atoms with Crippen LogP contribution in [0.3, 0.4) is 0 Å². The van der Waals surface area contributed by atoms with E-state index in [0.717, 1.165) is 110 Å². The van der Waals surface area contributed by atoms with Crippen molar-refractivity contribution >= 4 is 43.2 Å². The Morgan fingerprint density at radius 1 is 0.829 bits per heavy atom. The number of aliphatic imine (C=N–C) groups is 3. The van der Waals surface area contributed by atoms with E-state index in [4.69, 9.17) is 33.5 Å². The number of carbonyl (C=O) groups excluding carboxylic acids is 3. The summed E-state index contributed by atoms with van der Waals surface area (Å²) in [6.07, 6.45) is 24.4. The summed E-state index contributed by atoms with van der Waals surface area (Å²) < 4.78 is 35.2. The molecular formula is C60H87N6O9P+2. The average molecular weight is 1070 g/mol. The highest BCUT2D eigenvalue weighted by Crippen LogP contribution is 2.46. The van der Waals surface area contributed by atoms with Gasteiger partial charge >= 0.3 is 20.2 Å². The number of aliphatic hydroxyl groups excluding tert-OH is 1. The van der Waals surface area contributed by atoms with E-state index in [1.54, 1.807) is 0 Å². The zero-order chi connectivity index (χ0) is 54.9. The number of hydrogen-bond donors (Lipinski definition) is 3. The first-order chi connectivity index (χ1) is 36.4. The molecule has 0 radical (unpaired) electrons. The number of nitrogens with one attached hydrogen (secondary N) is 2. The third-order valence-corrected chi connectivity index (χ3v) is 15.9. The zero-order valence-electron chi connectivity index (χ0n) is 47.2. The van der Waals surface area contributed by atoms with Gasteiger partial charge in [0.05, 0.1) is 61.8 Å². The minimum absolute atomic E-state index is 0.0120. The van der Waals surface area contributed by atoms with Crippen molar-refractivity contribution in [1.29, 1.82) is 0 Å². The predicted molar refractivity (Wildman–Crippen MR) is 303 cm³/mol. The first-order valence-electron chi connectivity index (χ1n) is 28.2. The molecular weight excluding hydrogens is 980 g/mol. The number of hydrogen-bond acceptors (Lipinski definition) is 13. The highest BCUT2D eigenvalue weighted by molar-refractivity contribution is 7.33. The third kappa shape index (κ3) is 16.6. The van der Waals surface area contributed by atoms with Gasteiger partial charge in [-0.15, -0.1) is 9.05 Å². The molecule has 6 aliphatic rings. The van der Waals surface area contributed by atoms with Crippen molar-refractivity contribution in [1.82, 2.24) is 10.6 Å². The Labute approximate surface area is 453 Å². The molecule has 0 spiro atoms. The standard InChI is InChI=1S/C60H85N6O9P/c1-11-14-15-16-17-18-19-20-21-22-23-24-25-26-56(69)72-37-43(38-74-76(71)73-32-31-66(8,9)10)75-57(70)29-30-61-55(68)28-27-46-41(6)50-34-48-39(4)44(12-2)52(62-48)35-49-40(5)45(13-3)53(63-49)36-51-42(7)58-54(67)33-47(59(46)64-50)60(58)65-51/h12,34-36,41,43,46H,2,11,13-33,37-38H2,1,3-10H3,(H-2,61,62,63,64,65,67,68)/p+2. The lowest BCUT2D eigenvalue weighted by Crippen LogP contribution is -2.37. The summed E-state index contributed by atoms with van der Waals surface area (Å²) in [4.78, 5) is 54.9. The van der Waals surface area contributed by atoms with Gasteiger partial charge in [0.1, 0.15) is 25.5 Å². The first kappa shape index (κ1) is 59.9. The Morgan fingerprint density at radius 2 is 1.49 bits per heavy atom. The van der Waals surface area contributed by atoms with Crippen LogP contribution in [0.1, 0.15) is 164 Å². The molecule has 16 heteroatoms. The van der Waals surface area contributed by atoms with Gasteiger partial charge in [-0.25, -0.2) is 15.0 Å². The van der Waals surface area contributed by atoms with Gasteiger partial charge in [0.2, 0.25) is 5.91 Å². The number of nitrogens with zero attached hydrogens (tertiary/aromatic N) is 4. The molecule has 0 aromatic carbocycles. The Hall–Kier alpha value is -5.34. The van der Waals surface area contributed by atoms with Crippen molar-refractivity contribution in [2.24, 2.45) is 26.8 Å². The monoisotopic (exact) mass is 1070 g/mol. The summed E-state index contributed by atoms with van der Waals surface area (Å²) in [5.41, 5.74) is 13.3. The average Bonchev–Trinajstić information content (AvgIpc) is 4.14. The number of carbonyl (C=O) groups is 3. The number of allylic oxidation sites excluding steroid dienone is 12. The number of unbranched alkanes of at least 4 members (excludes halogenated alkanes) is 12. The van der Waals surface area contributed by atoms with Crippen LogP contribution in [-0.2, 0) is 37.5 Å². The van der Waals surface area contributed by atoms with E-state index in [1.807, 2.05) is 53.2 Å². The molecule has 4 unspecified atom stereocenters. The third-order valence-electron chi connectivity index (χ3n) is 15.2. The van der Waals surface area contributed by atoms with Gasteiger partial charge in [-0.05, 0) is 80.6 Å². The van der Waals surface area contributed by atoms with E-state index in [9.17, 15) is 24.1 Å². The maximum absolute atomic E-state index is 13.6. The molecule has 0 aromatic rings. The number of quaternary nitrogens is 1. The molecule has 6 rings (SSSR count). The number of aliphatic hydroxyl groups is 1. The van der Waals surface area contributed by atoms with Crippen LogP contribution in [0.15, 0.2) is 119 Å². The molecule has 15 nitrogen and oxygen atoms in total. The molecule has 1 fully saturated rings. The highest BCUT2D eigenvalue weighted by Gasteiger charge is 2.41. The highest BCUT2D eigenvalue weighted by atomic mass is 31.1. The normalized spacial score (nSPS) is 19.6. The van der Waals surface area contributed by atoms with Crippen LogP contribution >= 0.6 is 8.25 Å². The topological polar surface area (TPSA) is 187 Å². The van der Waals surface area contributed by atoms with Crippen molar-refractivity contribution in [3.8, 4) is 0 Å². The SMILES string of the molecule is C=CC1=C(C)C2=NC1=CC1=NC(=CC3=C(C)C4=C(O)CC(=C5NC(=C2)C(C)C5CCC(=O)NCCC(=O)OC(COC(=O)CCCCCCCCCCCCCCC)CO[P+](=O)OCC[N+](C)(C)C)C4=N3)C(CC)=C1C. The van der Waals surface area contributed by atoms with Crippen molar-refractivity contribution in [3.05, 3.63) is 104 Å². The van der Waals surface area contributed by atoms with E-state index in [2.05, 4.69) is 51.0 Å². The molecule has 0 aromatic heterocycles. The van der Waals surface area contributed by atoms with Gasteiger partial charge < -0.3 is 29.7 Å². The molecule has 0 saturated carbocycles. The maximum atomic E-state index is 13.6. The summed E-state index contributed by atoms with van der Waals surface area (Å²) in [7, 11) is 3.46. The van der Waals surface area contributed by atoms with E-state index >= 15 is 0 Å². The fraction of sp³-hybridized carbons (Fsp3) is 0.600. The Kier molecular flexibility index (Phi) is 22.8. The van der Waals surface area contributed by atoms with Gasteiger partial charge in [0.15, 0.2) is 12.7 Å². The van der Waals surface area contributed by atoms with Gasteiger partial charge in [-0.3, -0.25) is 14.4 Å². The molecule has 76 heavy (non-hydrogen) atoms. The minimum Gasteiger partial charge on any atom is -0.511 e. The summed E-state index contributed by atoms with van der Waals surface area (Å²) in [6, 6.07) is 0. The molecule has 5 aliphatic heterocycles. The maximum Gasteiger partial charge on any atom is 0.697 e. The lowest BCUT2D eigenvalue weighted by Gasteiger charge is -2.21. The van der Waals surface area contributed by atoms with E-state index < -0.39 is 26.3 Å². The van der Waals surface area contributed by atoms with Crippen molar-refractivity contribution in [2.75, 3.05) is 54.1 Å². The summed E-state index contributed by atoms with van der Waals surface area (Å²) in [6.45, 7) is 17.0. The second kappa shape index (κ2) is 28.9. The van der Waals surface area contributed by atoms with Crippen molar-refractivity contribution in [2.45, 2.75) is 170 Å². The van der Waals surface area contributed by atoms with Crippen LogP contribution in [0.5, 0.6) is 0 Å². The number of rotatable bonds is 32. The van der Waals surface area contributed by atoms with Crippen molar-refractivity contribution in [3.63, 3.8) is 0 Å². The molecule has 3 N–H and O–H groups in total. The smallest absolute Gasteiger partial charge is 0.511 e. The Bertz CT molecular complexity index is 2580. The minimum atomic E-state index is -2.51. The number of fused-ring (bicyclic) bond motifs is 5. The van der Waals surface area contributed by atoms with Crippen LogP contribution in [-0.4, -0.2) is 105 Å². The Morgan fingerprint density at radius 3 is 2.14 bits per heavy atom. The van der Waals surface area contributed by atoms with Crippen LogP contribution in [0.25, 0.3) is 0 Å². The van der Waals surface area contributed by atoms with Crippen LogP contribution in [0, 0.1) is 11.8 Å². The predicted octanol–water partition coefficient (Wildman–Crippen LogP) is 12.5. The summed E-state index contributed by atoms with van der Waals surface area (Å²) >= 11 is 0. The van der Waals surface area contributed by atoms with Crippen LogP contribution in [0.2, 0.25) is 0 Å². The molecule has 1 amide bonds. The first-order valence-corrected chi connectivity index (χ1v) is 29.3. The number of amides is 1. The van der Waals surface area contributed by atoms with E-state index in [1.165, 1.54) is 57.8 Å². The van der Waals surface area contributed by atoms with Gasteiger partial charge in [-0.2, -0.15) is 0 Å². The fourth-order valence-corrected chi connectivity index (χ4v) is 11.1. The van der Waals surface area contributed by atoms with Gasteiger partial charge in [0, 0.05) is 70.3 Å². The quantitative estimate of drug-likeness (QED) is 0.0253. The number of esters is 2. The molecule has 4 atom stereocenters. The van der Waals surface area contributed by atoms with Gasteiger partial charge in [0.25, 0.3) is 0 Å². The lowest BCUT2D eigenvalue weighted by molar-refractivity contribution is -0.870. The fourth-order valence-electron chi connectivity index (χ4n) is 10.5. The summed E-state index contributed by atoms with van der Waals surface area (Å²) in [5.74, 6) is -1.21.